The highest BCUT2D eigenvalue weighted by atomic mass is 16.5. The van der Waals surface area contributed by atoms with Crippen LogP contribution in [0.3, 0.4) is 0 Å². The average Bonchev–Trinajstić information content (AvgIpc) is 3.08. The van der Waals surface area contributed by atoms with Gasteiger partial charge in [0.25, 0.3) is 5.82 Å². The van der Waals surface area contributed by atoms with Gasteiger partial charge in [0.2, 0.25) is 5.91 Å². The number of hydrogen-bond donors (Lipinski definition) is 1. The van der Waals surface area contributed by atoms with Crippen molar-refractivity contribution in [3.8, 4) is 0 Å². The number of benzene rings is 1. The SMILES string of the molecule is COC(=O)c1ncn(CC(=O)NC(C)c2ccc3c(c2)CCCC3)n1. The Morgan fingerprint density at radius 3 is 2.80 bits per heavy atom. The molecule has 1 aliphatic rings. The zero-order valence-corrected chi connectivity index (χ0v) is 14.5. The Kier molecular flexibility index (Phi) is 5.11. The van der Waals surface area contributed by atoms with Gasteiger partial charge in [0, 0.05) is 0 Å². The van der Waals surface area contributed by atoms with Crippen molar-refractivity contribution in [2.45, 2.75) is 45.2 Å². The summed E-state index contributed by atoms with van der Waals surface area (Å²) in [6.45, 7) is 1.96. The van der Waals surface area contributed by atoms with Crippen molar-refractivity contribution in [3.05, 3.63) is 47.0 Å². The summed E-state index contributed by atoms with van der Waals surface area (Å²) in [4.78, 5) is 27.4. The number of aryl methyl sites for hydroxylation is 2. The molecule has 7 nitrogen and oxygen atoms in total. The molecule has 7 heteroatoms. The van der Waals surface area contributed by atoms with Crippen molar-refractivity contribution in [3.63, 3.8) is 0 Å². The van der Waals surface area contributed by atoms with E-state index in [0.717, 1.165) is 18.4 Å². The van der Waals surface area contributed by atoms with Gasteiger partial charge >= 0.3 is 5.97 Å². The first kappa shape index (κ1) is 17.1. The number of carbonyl (C=O) groups is 2. The maximum absolute atomic E-state index is 12.2. The molecule has 1 heterocycles. The van der Waals surface area contributed by atoms with Crippen LogP contribution in [-0.2, 0) is 28.9 Å². The molecule has 25 heavy (non-hydrogen) atoms. The van der Waals surface area contributed by atoms with Gasteiger partial charge in [-0.15, -0.1) is 5.10 Å². The number of hydrogen-bond acceptors (Lipinski definition) is 5. The summed E-state index contributed by atoms with van der Waals surface area (Å²) in [7, 11) is 1.26. The summed E-state index contributed by atoms with van der Waals surface area (Å²) >= 11 is 0. The molecule has 1 aromatic carbocycles. The van der Waals surface area contributed by atoms with Gasteiger partial charge in [0.1, 0.15) is 12.9 Å². The topological polar surface area (TPSA) is 86.1 Å². The number of esters is 1. The van der Waals surface area contributed by atoms with Crippen molar-refractivity contribution in [1.29, 1.82) is 0 Å². The summed E-state index contributed by atoms with van der Waals surface area (Å²) in [5, 5.41) is 6.89. The third-order valence-corrected chi connectivity index (χ3v) is 4.46. The molecule has 1 aliphatic carbocycles. The minimum atomic E-state index is -0.624. The zero-order valence-electron chi connectivity index (χ0n) is 14.5. The molecule has 0 radical (unpaired) electrons. The first-order valence-electron chi connectivity index (χ1n) is 8.45. The van der Waals surface area contributed by atoms with E-state index in [1.807, 2.05) is 6.92 Å². The summed E-state index contributed by atoms with van der Waals surface area (Å²) < 4.78 is 5.87. The molecule has 1 aromatic heterocycles. The van der Waals surface area contributed by atoms with Gasteiger partial charge in [0.15, 0.2) is 0 Å². The maximum Gasteiger partial charge on any atom is 0.377 e. The lowest BCUT2D eigenvalue weighted by molar-refractivity contribution is -0.122. The predicted octanol–water partition coefficient (Wildman–Crippen LogP) is 1.82. The molecule has 0 fully saturated rings. The van der Waals surface area contributed by atoms with Crippen molar-refractivity contribution in [2.24, 2.45) is 0 Å². The van der Waals surface area contributed by atoms with Crippen LogP contribution in [0.25, 0.3) is 0 Å². The molecule has 0 saturated carbocycles. The molecular weight excluding hydrogens is 320 g/mol. The second kappa shape index (κ2) is 7.46. The van der Waals surface area contributed by atoms with E-state index in [-0.39, 0.29) is 24.3 Å². The number of aromatic nitrogens is 3. The second-order valence-corrected chi connectivity index (χ2v) is 6.28. The van der Waals surface area contributed by atoms with Crippen LogP contribution in [0.1, 0.15) is 53.1 Å². The summed E-state index contributed by atoms with van der Waals surface area (Å²) in [6, 6.07) is 6.36. The van der Waals surface area contributed by atoms with E-state index in [1.54, 1.807) is 0 Å². The van der Waals surface area contributed by atoms with E-state index in [9.17, 15) is 9.59 Å². The third kappa shape index (κ3) is 4.04. The van der Waals surface area contributed by atoms with E-state index in [2.05, 4.69) is 38.3 Å². The van der Waals surface area contributed by atoms with E-state index >= 15 is 0 Å². The van der Waals surface area contributed by atoms with Crippen LogP contribution in [0.2, 0.25) is 0 Å². The van der Waals surface area contributed by atoms with Gasteiger partial charge in [-0.1, -0.05) is 18.2 Å². The quantitative estimate of drug-likeness (QED) is 0.838. The molecule has 0 saturated heterocycles. The number of ether oxygens (including phenoxy) is 1. The Morgan fingerprint density at radius 1 is 1.28 bits per heavy atom. The first-order chi connectivity index (χ1) is 12.1. The Labute approximate surface area is 146 Å². The van der Waals surface area contributed by atoms with Gasteiger partial charge in [-0.25, -0.2) is 14.5 Å². The Hall–Kier alpha value is -2.70. The Balaban J connectivity index is 1.60. The predicted molar refractivity (Wildman–Crippen MR) is 91.0 cm³/mol. The number of nitrogens with zero attached hydrogens (tertiary/aromatic N) is 3. The smallest absolute Gasteiger partial charge is 0.377 e. The number of fused-ring (bicyclic) bond motifs is 1. The van der Waals surface area contributed by atoms with Crippen LogP contribution in [0.5, 0.6) is 0 Å². The molecule has 1 atom stereocenters. The molecule has 1 N–H and O–H groups in total. The van der Waals surface area contributed by atoms with E-state index in [4.69, 9.17) is 0 Å². The number of carbonyl (C=O) groups excluding carboxylic acids is 2. The van der Waals surface area contributed by atoms with E-state index in [0.29, 0.717) is 0 Å². The molecule has 1 amide bonds. The molecule has 0 bridgehead atoms. The van der Waals surface area contributed by atoms with Crippen LogP contribution < -0.4 is 5.32 Å². The van der Waals surface area contributed by atoms with E-state index < -0.39 is 5.97 Å². The van der Waals surface area contributed by atoms with Crippen LogP contribution in [0, 0.1) is 0 Å². The van der Waals surface area contributed by atoms with Gasteiger partial charge in [-0.2, -0.15) is 0 Å². The minimum absolute atomic E-state index is 0.000719. The summed E-state index contributed by atoms with van der Waals surface area (Å²) in [6.07, 6.45) is 6.08. The number of amides is 1. The van der Waals surface area contributed by atoms with Crippen molar-refractivity contribution in [2.75, 3.05) is 7.11 Å². The maximum atomic E-state index is 12.2. The highest BCUT2D eigenvalue weighted by molar-refractivity contribution is 5.84. The van der Waals surface area contributed by atoms with Gasteiger partial charge in [-0.05, 0) is 49.3 Å². The summed E-state index contributed by atoms with van der Waals surface area (Å²) in [5.74, 6) is -0.869. The molecule has 132 valence electrons. The van der Waals surface area contributed by atoms with Crippen molar-refractivity contribution in [1.82, 2.24) is 20.1 Å². The molecule has 3 rings (SSSR count). The van der Waals surface area contributed by atoms with Crippen molar-refractivity contribution < 1.29 is 14.3 Å². The number of nitrogens with one attached hydrogen (secondary N) is 1. The highest BCUT2D eigenvalue weighted by Crippen LogP contribution is 2.24. The fraction of sp³-hybridized carbons (Fsp3) is 0.444. The van der Waals surface area contributed by atoms with Crippen LogP contribution >= 0.6 is 0 Å². The van der Waals surface area contributed by atoms with Crippen molar-refractivity contribution >= 4 is 11.9 Å². The lowest BCUT2D eigenvalue weighted by Gasteiger charge is -2.20. The second-order valence-electron chi connectivity index (χ2n) is 6.28. The lowest BCUT2D eigenvalue weighted by atomic mass is 9.89. The van der Waals surface area contributed by atoms with Crippen LogP contribution in [0.15, 0.2) is 24.5 Å². The van der Waals surface area contributed by atoms with Gasteiger partial charge in [0.05, 0.1) is 13.2 Å². The standard InChI is InChI=1S/C18H22N4O3/c1-12(14-8-7-13-5-3-4-6-15(13)9-14)20-16(23)10-22-11-19-17(21-22)18(24)25-2/h7-9,11-12H,3-6,10H2,1-2H3,(H,20,23). The molecule has 0 spiro atoms. The molecular formula is C18H22N4O3. The fourth-order valence-corrected chi connectivity index (χ4v) is 3.10. The van der Waals surface area contributed by atoms with E-state index in [1.165, 1.54) is 42.1 Å². The number of methoxy groups -OCH3 is 1. The highest BCUT2D eigenvalue weighted by Gasteiger charge is 2.16. The summed E-state index contributed by atoms with van der Waals surface area (Å²) in [5.41, 5.74) is 3.91. The fourth-order valence-electron chi connectivity index (χ4n) is 3.10. The van der Waals surface area contributed by atoms with Crippen LogP contribution in [-0.4, -0.2) is 33.8 Å². The van der Waals surface area contributed by atoms with Gasteiger partial charge in [-0.3, -0.25) is 4.79 Å². The minimum Gasteiger partial charge on any atom is -0.463 e. The zero-order chi connectivity index (χ0) is 17.8. The average molecular weight is 342 g/mol. The molecule has 0 aliphatic heterocycles. The third-order valence-electron chi connectivity index (χ3n) is 4.46. The monoisotopic (exact) mass is 342 g/mol. The molecule has 1 unspecified atom stereocenters. The first-order valence-corrected chi connectivity index (χ1v) is 8.45. The van der Waals surface area contributed by atoms with Gasteiger partial charge < -0.3 is 10.1 Å². The van der Waals surface area contributed by atoms with Crippen LogP contribution in [0.4, 0.5) is 0 Å². The lowest BCUT2D eigenvalue weighted by Crippen LogP contribution is -2.30. The molecule has 2 aromatic rings. The number of rotatable bonds is 5. The largest absolute Gasteiger partial charge is 0.463 e. The Bertz CT molecular complexity index is 784. The Morgan fingerprint density at radius 2 is 2.04 bits per heavy atom. The normalized spacial score (nSPS) is 14.5.